The zero-order valence-corrected chi connectivity index (χ0v) is 14.0. The minimum absolute atomic E-state index is 0.281. The van der Waals surface area contributed by atoms with E-state index in [2.05, 4.69) is 13.8 Å². The third-order valence-corrected chi connectivity index (χ3v) is 5.21. The van der Waals surface area contributed by atoms with Crippen LogP contribution in [0, 0.1) is 29.4 Å². The van der Waals surface area contributed by atoms with Gasteiger partial charge in [-0.25, -0.2) is 8.78 Å². The molecule has 22 heavy (non-hydrogen) atoms. The topological polar surface area (TPSA) is 9.23 Å². The van der Waals surface area contributed by atoms with Gasteiger partial charge >= 0.3 is 0 Å². The van der Waals surface area contributed by atoms with Crippen molar-refractivity contribution in [2.24, 2.45) is 17.8 Å². The van der Waals surface area contributed by atoms with Crippen molar-refractivity contribution in [1.82, 2.24) is 0 Å². The summed E-state index contributed by atoms with van der Waals surface area (Å²) in [6, 6.07) is 2.84. The second kappa shape index (κ2) is 7.94. The molecule has 2 rings (SSSR count). The Kier molecular flexibility index (Phi) is 6.22. The van der Waals surface area contributed by atoms with Crippen molar-refractivity contribution in [2.45, 2.75) is 58.8 Å². The van der Waals surface area contributed by atoms with Crippen LogP contribution in [-0.2, 0) is 6.42 Å². The average molecular weight is 310 g/mol. The largest absolute Gasteiger partial charge is 0.491 e. The average Bonchev–Trinajstić information content (AvgIpc) is 2.48. The fourth-order valence-corrected chi connectivity index (χ4v) is 3.92. The summed E-state index contributed by atoms with van der Waals surface area (Å²) in [4.78, 5) is 0. The number of benzene rings is 1. The fourth-order valence-electron chi connectivity index (χ4n) is 3.92. The van der Waals surface area contributed by atoms with E-state index in [1.807, 2.05) is 0 Å². The number of hydrogen-bond donors (Lipinski definition) is 0. The quantitative estimate of drug-likeness (QED) is 0.649. The van der Waals surface area contributed by atoms with Gasteiger partial charge in [0, 0.05) is 0 Å². The standard InChI is InChI=1S/C19H28F2O/c1-4-5-14-6-8-16(9-7-14)13(2)10-15-11-17(20)19(22-3)18(21)12-15/h11-14,16H,4-10H2,1-3H3. The monoisotopic (exact) mass is 310 g/mol. The molecule has 0 radical (unpaired) electrons. The van der Waals surface area contributed by atoms with Crippen molar-refractivity contribution >= 4 is 0 Å². The van der Waals surface area contributed by atoms with Crippen molar-refractivity contribution in [3.8, 4) is 5.75 Å². The fraction of sp³-hybridized carbons (Fsp3) is 0.684. The third-order valence-electron chi connectivity index (χ3n) is 5.21. The van der Waals surface area contributed by atoms with E-state index in [1.54, 1.807) is 0 Å². The lowest BCUT2D eigenvalue weighted by molar-refractivity contribution is 0.206. The Labute approximate surface area is 133 Å². The third kappa shape index (κ3) is 4.21. The zero-order valence-electron chi connectivity index (χ0n) is 14.0. The van der Waals surface area contributed by atoms with Gasteiger partial charge in [-0.2, -0.15) is 0 Å². The number of rotatable bonds is 6. The predicted octanol–water partition coefficient (Wildman–Crippen LogP) is 5.76. The molecule has 1 aromatic carbocycles. The van der Waals surface area contributed by atoms with Gasteiger partial charge in [0.05, 0.1) is 7.11 Å². The summed E-state index contributed by atoms with van der Waals surface area (Å²) in [5.74, 6) is 0.560. The van der Waals surface area contributed by atoms with Gasteiger partial charge in [0.2, 0.25) is 0 Å². The van der Waals surface area contributed by atoms with Crippen LogP contribution < -0.4 is 4.74 Å². The molecule has 1 saturated carbocycles. The van der Waals surface area contributed by atoms with Crippen LogP contribution >= 0.6 is 0 Å². The molecule has 1 aliphatic carbocycles. The Morgan fingerprint density at radius 2 is 1.73 bits per heavy atom. The molecule has 1 nitrogen and oxygen atoms in total. The first-order valence-electron chi connectivity index (χ1n) is 8.57. The van der Waals surface area contributed by atoms with Crippen LogP contribution in [0.25, 0.3) is 0 Å². The molecule has 0 aromatic heterocycles. The molecule has 124 valence electrons. The molecular formula is C19H28F2O. The highest BCUT2D eigenvalue weighted by atomic mass is 19.1. The molecule has 1 unspecified atom stereocenters. The molecular weight excluding hydrogens is 282 g/mol. The Morgan fingerprint density at radius 3 is 2.23 bits per heavy atom. The second-order valence-corrected chi connectivity index (χ2v) is 6.84. The summed E-state index contributed by atoms with van der Waals surface area (Å²) < 4.78 is 32.3. The molecule has 0 aliphatic heterocycles. The number of hydrogen-bond acceptors (Lipinski definition) is 1. The highest BCUT2D eigenvalue weighted by molar-refractivity contribution is 5.31. The molecule has 3 heteroatoms. The van der Waals surface area contributed by atoms with Crippen molar-refractivity contribution in [3.05, 3.63) is 29.3 Å². The summed E-state index contributed by atoms with van der Waals surface area (Å²) in [6.07, 6.45) is 8.49. The van der Waals surface area contributed by atoms with E-state index in [1.165, 1.54) is 57.8 Å². The minimum atomic E-state index is -0.601. The van der Waals surface area contributed by atoms with Gasteiger partial charge in [-0.15, -0.1) is 0 Å². The van der Waals surface area contributed by atoms with E-state index < -0.39 is 11.6 Å². The normalized spacial score (nSPS) is 23.3. The molecule has 0 saturated heterocycles. The van der Waals surface area contributed by atoms with Gasteiger partial charge in [0.15, 0.2) is 17.4 Å². The van der Waals surface area contributed by atoms with Gasteiger partial charge in [-0.1, -0.05) is 39.5 Å². The van der Waals surface area contributed by atoms with Crippen LogP contribution in [0.5, 0.6) is 5.75 Å². The minimum Gasteiger partial charge on any atom is -0.491 e. The smallest absolute Gasteiger partial charge is 0.190 e. The van der Waals surface area contributed by atoms with Crippen LogP contribution in [0.3, 0.4) is 0 Å². The van der Waals surface area contributed by atoms with Crippen LogP contribution in [0.4, 0.5) is 8.78 Å². The Balaban J connectivity index is 1.94. The first-order valence-corrected chi connectivity index (χ1v) is 8.57. The van der Waals surface area contributed by atoms with Gasteiger partial charge in [0.1, 0.15) is 0 Å². The maximum atomic E-state index is 13.8. The van der Waals surface area contributed by atoms with Gasteiger partial charge in [-0.3, -0.25) is 0 Å². The Bertz CT molecular complexity index is 455. The summed E-state index contributed by atoms with van der Waals surface area (Å²) in [5.41, 5.74) is 0.735. The molecule has 0 N–H and O–H groups in total. The summed E-state index contributed by atoms with van der Waals surface area (Å²) >= 11 is 0. The molecule has 1 aliphatic rings. The first kappa shape index (κ1) is 17.2. The van der Waals surface area contributed by atoms with Crippen molar-refractivity contribution in [2.75, 3.05) is 7.11 Å². The lowest BCUT2D eigenvalue weighted by atomic mass is 9.74. The molecule has 1 aromatic rings. The van der Waals surface area contributed by atoms with Crippen LogP contribution in [0.15, 0.2) is 12.1 Å². The van der Waals surface area contributed by atoms with Gasteiger partial charge in [-0.05, 0) is 54.7 Å². The summed E-state index contributed by atoms with van der Waals surface area (Å²) in [6.45, 7) is 4.46. The highest BCUT2D eigenvalue weighted by Crippen LogP contribution is 2.37. The maximum Gasteiger partial charge on any atom is 0.190 e. The lowest BCUT2D eigenvalue weighted by Crippen LogP contribution is -2.21. The number of halogens is 2. The molecule has 1 atom stereocenters. The van der Waals surface area contributed by atoms with E-state index in [-0.39, 0.29) is 5.75 Å². The Hall–Kier alpha value is -1.12. The van der Waals surface area contributed by atoms with E-state index >= 15 is 0 Å². The lowest BCUT2D eigenvalue weighted by Gasteiger charge is -2.32. The van der Waals surface area contributed by atoms with Crippen LogP contribution in [0.2, 0.25) is 0 Å². The molecule has 0 spiro atoms. The number of ether oxygens (including phenoxy) is 1. The molecule has 0 amide bonds. The van der Waals surface area contributed by atoms with Gasteiger partial charge < -0.3 is 4.74 Å². The number of methoxy groups -OCH3 is 1. The van der Waals surface area contributed by atoms with Gasteiger partial charge in [0.25, 0.3) is 0 Å². The summed E-state index contributed by atoms with van der Waals surface area (Å²) in [7, 11) is 1.29. The van der Waals surface area contributed by atoms with Crippen molar-refractivity contribution < 1.29 is 13.5 Å². The van der Waals surface area contributed by atoms with Crippen molar-refractivity contribution in [3.63, 3.8) is 0 Å². The van der Waals surface area contributed by atoms with Crippen LogP contribution in [-0.4, -0.2) is 7.11 Å². The molecule has 1 fully saturated rings. The summed E-state index contributed by atoms with van der Waals surface area (Å²) in [5, 5.41) is 0. The first-order chi connectivity index (χ1) is 10.5. The maximum absolute atomic E-state index is 13.8. The molecule has 0 heterocycles. The van der Waals surface area contributed by atoms with Crippen LogP contribution in [0.1, 0.15) is 57.9 Å². The predicted molar refractivity (Wildman–Crippen MR) is 86.1 cm³/mol. The van der Waals surface area contributed by atoms with E-state index in [9.17, 15) is 8.78 Å². The zero-order chi connectivity index (χ0) is 16.1. The second-order valence-electron chi connectivity index (χ2n) is 6.84. The van der Waals surface area contributed by atoms with Crippen molar-refractivity contribution in [1.29, 1.82) is 0 Å². The van der Waals surface area contributed by atoms with E-state index in [4.69, 9.17) is 4.74 Å². The highest BCUT2D eigenvalue weighted by Gasteiger charge is 2.25. The van der Waals surface area contributed by atoms with E-state index in [0.29, 0.717) is 11.8 Å². The molecule has 0 bridgehead atoms. The Morgan fingerprint density at radius 1 is 1.14 bits per heavy atom. The SMILES string of the molecule is CCCC1CCC(C(C)Cc2cc(F)c(OC)c(F)c2)CC1. The van der Waals surface area contributed by atoms with E-state index in [0.717, 1.165) is 17.9 Å².